The van der Waals surface area contributed by atoms with E-state index in [1.807, 2.05) is 13.8 Å². The molecule has 0 bridgehead atoms. The van der Waals surface area contributed by atoms with Gasteiger partial charge in [0, 0.05) is 20.2 Å². The fraction of sp³-hybridized carbons (Fsp3) is 0.867. The molecule has 2 unspecified atom stereocenters. The predicted molar refractivity (Wildman–Crippen MR) is 80.3 cm³/mol. The second-order valence-electron chi connectivity index (χ2n) is 5.87. The van der Waals surface area contributed by atoms with E-state index in [0.717, 1.165) is 19.3 Å². The zero-order valence-electron chi connectivity index (χ0n) is 13.4. The summed E-state index contributed by atoms with van der Waals surface area (Å²) in [6, 6.07) is -0.213. The van der Waals surface area contributed by atoms with Gasteiger partial charge in [-0.2, -0.15) is 0 Å². The van der Waals surface area contributed by atoms with Crippen molar-refractivity contribution in [2.45, 2.75) is 52.0 Å². The van der Waals surface area contributed by atoms with Gasteiger partial charge in [0.25, 0.3) is 0 Å². The maximum atomic E-state index is 12.3. The van der Waals surface area contributed by atoms with E-state index in [1.54, 1.807) is 12.0 Å². The molecule has 0 aromatic carbocycles. The summed E-state index contributed by atoms with van der Waals surface area (Å²) in [6.45, 7) is 5.35. The van der Waals surface area contributed by atoms with Crippen LogP contribution >= 0.6 is 0 Å². The van der Waals surface area contributed by atoms with E-state index < -0.39 is 11.4 Å². The molecule has 6 nitrogen and oxygen atoms in total. The van der Waals surface area contributed by atoms with Gasteiger partial charge < -0.3 is 20.1 Å². The Hall–Kier alpha value is -1.30. The molecule has 1 saturated heterocycles. The molecule has 122 valence electrons. The van der Waals surface area contributed by atoms with Gasteiger partial charge in [0.15, 0.2) is 0 Å². The Morgan fingerprint density at radius 3 is 2.67 bits per heavy atom. The molecule has 0 radical (unpaired) electrons. The van der Waals surface area contributed by atoms with E-state index in [4.69, 9.17) is 4.74 Å². The van der Waals surface area contributed by atoms with E-state index in [0.29, 0.717) is 32.5 Å². The number of likely N-dealkylation sites (tertiary alicyclic amines) is 1. The number of ether oxygens (including phenoxy) is 1. The van der Waals surface area contributed by atoms with Crippen LogP contribution in [0.15, 0.2) is 0 Å². The molecule has 0 saturated carbocycles. The van der Waals surface area contributed by atoms with Crippen LogP contribution in [0, 0.1) is 5.41 Å². The summed E-state index contributed by atoms with van der Waals surface area (Å²) in [5.41, 5.74) is -0.784. The molecule has 2 N–H and O–H groups in total. The van der Waals surface area contributed by atoms with Crippen LogP contribution in [0.3, 0.4) is 0 Å². The van der Waals surface area contributed by atoms with Gasteiger partial charge in [-0.05, 0) is 25.7 Å². The third-order valence-electron chi connectivity index (χ3n) is 4.23. The molecule has 2 amide bonds. The average Bonchev–Trinajstić information content (AvgIpc) is 2.47. The Kier molecular flexibility index (Phi) is 6.95. The number of nitrogens with zero attached hydrogens (tertiary/aromatic N) is 1. The van der Waals surface area contributed by atoms with Crippen LogP contribution in [0.5, 0.6) is 0 Å². The van der Waals surface area contributed by atoms with E-state index >= 15 is 0 Å². The Morgan fingerprint density at radius 1 is 1.43 bits per heavy atom. The highest BCUT2D eigenvalue weighted by Crippen LogP contribution is 2.35. The van der Waals surface area contributed by atoms with Gasteiger partial charge in [-0.15, -0.1) is 0 Å². The molecule has 1 aliphatic rings. The lowest BCUT2D eigenvalue weighted by molar-refractivity contribution is -0.152. The van der Waals surface area contributed by atoms with Crippen molar-refractivity contribution in [1.29, 1.82) is 0 Å². The van der Waals surface area contributed by atoms with Crippen LogP contribution in [0.4, 0.5) is 4.79 Å². The number of urea groups is 1. The van der Waals surface area contributed by atoms with Crippen molar-refractivity contribution < 1.29 is 19.4 Å². The first-order valence-corrected chi connectivity index (χ1v) is 7.76. The lowest BCUT2D eigenvalue weighted by Crippen LogP contribution is -2.54. The van der Waals surface area contributed by atoms with Crippen LogP contribution in [-0.2, 0) is 9.53 Å². The number of carbonyl (C=O) groups excluding carboxylic acids is 1. The maximum absolute atomic E-state index is 12.3. The highest BCUT2D eigenvalue weighted by molar-refractivity contribution is 5.79. The van der Waals surface area contributed by atoms with Crippen molar-refractivity contribution >= 4 is 12.0 Å². The predicted octanol–water partition coefficient (Wildman–Crippen LogP) is 2.09. The summed E-state index contributed by atoms with van der Waals surface area (Å²) in [5, 5.41) is 12.5. The lowest BCUT2D eigenvalue weighted by atomic mass is 9.76. The monoisotopic (exact) mass is 300 g/mol. The van der Waals surface area contributed by atoms with E-state index in [-0.39, 0.29) is 12.1 Å². The quantitative estimate of drug-likeness (QED) is 0.754. The maximum Gasteiger partial charge on any atom is 0.317 e. The van der Waals surface area contributed by atoms with Crippen LogP contribution in [0.1, 0.15) is 46.0 Å². The minimum atomic E-state index is -0.786. The fourth-order valence-corrected chi connectivity index (χ4v) is 3.00. The molecule has 2 atom stereocenters. The van der Waals surface area contributed by atoms with Crippen LogP contribution in [0.2, 0.25) is 0 Å². The van der Waals surface area contributed by atoms with Gasteiger partial charge in [0.1, 0.15) is 0 Å². The van der Waals surface area contributed by atoms with Crippen molar-refractivity contribution in [3.63, 3.8) is 0 Å². The van der Waals surface area contributed by atoms with Crippen LogP contribution in [0.25, 0.3) is 0 Å². The van der Waals surface area contributed by atoms with Crippen molar-refractivity contribution in [1.82, 2.24) is 10.2 Å². The zero-order chi connectivity index (χ0) is 15.9. The summed E-state index contributed by atoms with van der Waals surface area (Å²) >= 11 is 0. The number of hydrogen-bond acceptors (Lipinski definition) is 3. The number of hydrogen-bond donors (Lipinski definition) is 2. The number of rotatable bonds is 7. The minimum absolute atomic E-state index is 0.0326. The molecule has 21 heavy (non-hydrogen) atoms. The molecule has 1 fully saturated rings. The number of carboxylic acids is 1. The molecule has 0 spiro atoms. The molecule has 1 aliphatic heterocycles. The fourth-order valence-electron chi connectivity index (χ4n) is 3.00. The standard InChI is InChI=1S/C15H28N2O4/c1-4-7-15(13(18)19)8-6-9-17(11-15)14(20)16-12(5-2)10-21-3/h12H,4-11H2,1-3H3,(H,16,20)(H,18,19). The van der Waals surface area contributed by atoms with E-state index in [2.05, 4.69) is 5.32 Å². The van der Waals surface area contributed by atoms with Gasteiger partial charge in [0.2, 0.25) is 0 Å². The average molecular weight is 300 g/mol. The second-order valence-corrected chi connectivity index (χ2v) is 5.87. The molecular weight excluding hydrogens is 272 g/mol. The third-order valence-corrected chi connectivity index (χ3v) is 4.23. The lowest BCUT2D eigenvalue weighted by Gasteiger charge is -2.40. The number of methoxy groups -OCH3 is 1. The molecule has 0 aromatic heterocycles. The minimum Gasteiger partial charge on any atom is -0.481 e. The van der Waals surface area contributed by atoms with Crippen molar-refractivity contribution in [3.8, 4) is 0 Å². The van der Waals surface area contributed by atoms with Gasteiger partial charge in [-0.1, -0.05) is 20.3 Å². The summed E-state index contributed by atoms with van der Waals surface area (Å²) < 4.78 is 5.07. The van der Waals surface area contributed by atoms with Crippen molar-refractivity contribution in [2.75, 3.05) is 26.8 Å². The van der Waals surface area contributed by atoms with Crippen LogP contribution in [-0.4, -0.2) is 54.9 Å². The summed E-state index contributed by atoms with van der Waals surface area (Å²) in [7, 11) is 1.60. The Morgan fingerprint density at radius 2 is 2.14 bits per heavy atom. The number of carbonyl (C=O) groups is 2. The summed E-state index contributed by atoms with van der Waals surface area (Å²) in [5.74, 6) is -0.786. The first kappa shape index (κ1) is 17.8. The summed E-state index contributed by atoms with van der Waals surface area (Å²) in [6.07, 6.45) is 3.59. The topological polar surface area (TPSA) is 78.9 Å². The van der Waals surface area contributed by atoms with Gasteiger partial charge in [-0.25, -0.2) is 4.79 Å². The number of nitrogens with one attached hydrogen (secondary N) is 1. The molecule has 1 heterocycles. The molecule has 0 aliphatic carbocycles. The normalized spacial score (nSPS) is 23.7. The third kappa shape index (κ3) is 4.59. The SMILES string of the molecule is CCCC1(C(=O)O)CCCN(C(=O)NC(CC)COC)C1. The van der Waals surface area contributed by atoms with Crippen molar-refractivity contribution in [3.05, 3.63) is 0 Å². The zero-order valence-corrected chi connectivity index (χ0v) is 13.4. The Bertz CT molecular complexity index is 358. The molecular formula is C15H28N2O4. The number of amides is 2. The number of piperidine rings is 1. The first-order chi connectivity index (χ1) is 9.99. The van der Waals surface area contributed by atoms with Crippen LogP contribution < -0.4 is 5.32 Å². The van der Waals surface area contributed by atoms with E-state index in [1.165, 1.54) is 0 Å². The van der Waals surface area contributed by atoms with E-state index in [9.17, 15) is 14.7 Å². The van der Waals surface area contributed by atoms with Crippen molar-refractivity contribution in [2.24, 2.45) is 5.41 Å². The largest absolute Gasteiger partial charge is 0.481 e. The van der Waals surface area contributed by atoms with Gasteiger partial charge in [0.05, 0.1) is 18.1 Å². The number of aliphatic carboxylic acids is 1. The number of carboxylic acid groups (broad SMARTS) is 1. The Labute approximate surface area is 126 Å². The molecule has 0 aromatic rings. The summed E-state index contributed by atoms with van der Waals surface area (Å²) in [4.78, 5) is 25.6. The smallest absolute Gasteiger partial charge is 0.317 e. The molecule has 1 rings (SSSR count). The van der Waals surface area contributed by atoms with Gasteiger partial charge in [-0.3, -0.25) is 4.79 Å². The van der Waals surface area contributed by atoms with Gasteiger partial charge >= 0.3 is 12.0 Å². The first-order valence-electron chi connectivity index (χ1n) is 7.76. The highest BCUT2D eigenvalue weighted by Gasteiger charge is 2.42. The molecule has 6 heteroatoms. The Balaban J connectivity index is 2.70. The second kappa shape index (κ2) is 8.22. The highest BCUT2D eigenvalue weighted by atomic mass is 16.5.